The molecule has 1 aromatic carbocycles. The van der Waals surface area contributed by atoms with Crippen molar-refractivity contribution in [1.29, 1.82) is 0 Å². The topological polar surface area (TPSA) is 43.7 Å². The Labute approximate surface area is 113 Å². The van der Waals surface area contributed by atoms with Gasteiger partial charge >= 0.3 is 0 Å². The van der Waals surface area contributed by atoms with Gasteiger partial charge in [0, 0.05) is 13.1 Å². The fourth-order valence-electron chi connectivity index (χ4n) is 2.64. The average molecular weight is 267 g/mol. The Bertz CT molecular complexity index is 438. The Balaban J connectivity index is 1.99. The lowest BCUT2D eigenvalue weighted by Gasteiger charge is -2.35. The van der Waals surface area contributed by atoms with E-state index in [4.69, 9.17) is 0 Å². The third-order valence-electron chi connectivity index (χ3n) is 4.02. The molecular formula is C15H22FNO2. The van der Waals surface area contributed by atoms with E-state index in [0.717, 1.165) is 24.1 Å². The summed E-state index contributed by atoms with van der Waals surface area (Å²) in [6.07, 6.45) is -0.0208. The first-order valence-corrected chi connectivity index (χ1v) is 6.82. The third-order valence-corrected chi connectivity index (χ3v) is 4.02. The summed E-state index contributed by atoms with van der Waals surface area (Å²) in [6.45, 7) is 5.81. The van der Waals surface area contributed by atoms with Crippen molar-refractivity contribution < 1.29 is 14.6 Å². The molecule has 0 spiro atoms. The first-order valence-electron chi connectivity index (χ1n) is 6.82. The Morgan fingerprint density at radius 3 is 2.84 bits per heavy atom. The van der Waals surface area contributed by atoms with Crippen LogP contribution < -0.4 is 0 Å². The van der Waals surface area contributed by atoms with Gasteiger partial charge in [0.1, 0.15) is 5.82 Å². The van der Waals surface area contributed by atoms with E-state index in [1.807, 2.05) is 6.92 Å². The fraction of sp³-hybridized carbons (Fsp3) is 0.600. The number of halogens is 1. The van der Waals surface area contributed by atoms with Crippen LogP contribution in [-0.4, -0.2) is 40.9 Å². The minimum absolute atomic E-state index is 0.282. The molecule has 0 bridgehead atoms. The summed E-state index contributed by atoms with van der Waals surface area (Å²) in [5.41, 5.74) is 1.52. The van der Waals surface area contributed by atoms with Crippen LogP contribution >= 0.6 is 0 Å². The van der Waals surface area contributed by atoms with Crippen molar-refractivity contribution in [2.24, 2.45) is 5.92 Å². The first kappa shape index (κ1) is 14.4. The summed E-state index contributed by atoms with van der Waals surface area (Å²) >= 11 is 0. The molecule has 4 heteroatoms. The van der Waals surface area contributed by atoms with Crippen LogP contribution in [0, 0.1) is 18.7 Å². The molecule has 1 fully saturated rings. The van der Waals surface area contributed by atoms with Gasteiger partial charge in [0.05, 0.1) is 12.2 Å². The van der Waals surface area contributed by atoms with Crippen molar-refractivity contribution in [1.82, 2.24) is 4.90 Å². The van der Waals surface area contributed by atoms with E-state index in [0.29, 0.717) is 19.0 Å². The van der Waals surface area contributed by atoms with Gasteiger partial charge < -0.3 is 10.2 Å². The minimum atomic E-state index is -0.638. The summed E-state index contributed by atoms with van der Waals surface area (Å²) < 4.78 is 13.0. The van der Waals surface area contributed by atoms with Crippen LogP contribution in [0.3, 0.4) is 0 Å². The van der Waals surface area contributed by atoms with Gasteiger partial charge in [0.2, 0.25) is 0 Å². The number of hydrogen-bond acceptors (Lipinski definition) is 3. The normalized spacial score (nSPS) is 26.4. The maximum Gasteiger partial charge on any atom is 0.123 e. The van der Waals surface area contributed by atoms with Gasteiger partial charge in [-0.15, -0.1) is 0 Å². The predicted octanol–water partition coefficient (Wildman–Crippen LogP) is 1.87. The molecule has 1 aliphatic heterocycles. The SMILES string of the molecule is Cc1cc(F)ccc1C(O)CN1CCC(C)C(O)C1. The van der Waals surface area contributed by atoms with E-state index in [-0.39, 0.29) is 11.9 Å². The summed E-state index contributed by atoms with van der Waals surface area (Å²) in [7, 11) is 0. The summed E-state index contributed by atoms with van der Waals surface area (Å²) in [5, 5.41) is 20.1. The lowest BCUT2D eigenvalue weighted by molar-refractivity contribution is 0.00849. The zero-order chi connectivity index (χ0) is 14.0. The van der Waals surface area contributed by atoms with Gasteiger partial charge in [-0.25, -0.2) is 4.39 Å². The second-order valence-corrected chi connectivity index (χ2v) is 5.61. The molecule has 1 aromatic rings. The highest BCUT2D eigenvalue weighted by Gasteiger charge is 2.26. The number of benzene rings is 1. The molecule has 1 heterocycles. The minimum Gasteiger partial charge on any atom is -0.392 e. The van der Waals surface area contributed by atoms with Gasteiger partial charge in [-0.3, -0.25) is 4.90 Å². The number of aliphatic hydroxyl groups excluding tert-OH is 2. The van der Waals surface area contributed by atoms with Gasteiger partial charge in [-0.2, -0.15) is 0 Å². The van der Waals surface area contributed by atoms with Crippen LogP contribution in [0.1, 0.15) is 30.6 Å². The van der Waals surface area contributed by atoms with Gasteiger partial charge in [0.15, 0.2) is 0 Å². The Morgan fingerprint density at radius 2 is 2.21 bits per heavy atom. The number of β-amino-alcohol motifs (C(OH)–C–C–N with tert-alkyl or cyclic N) is 2. The summed E-state index contributed by atoms with van der Waals surface area (Å²) in [5.74, 6) is 0.0385. The molecule has 1 saturated heterocycles. The Morgan fingerprint density at radius 1 is 1.47 bits per heavy atom. The average Bonchev–Trinajstić information content (AvgIpc) is 2.33. The molecule has 2 N–H and O–H groups in total. The number of aliphatic hydroxyl groups is 2. The van der Waals surface area contributed by atoms with Crippen LogP contribution in [0.25, 0.3) is 0 Å². The maximum absolute atomic E-state index is 13.0. The number of likely N-dealkylation sites (tertiary alicyclic amines) is 1. The molecule has 0 radical (unpaired) electrons. The zero-order valence-electron chi connectivity index (χ0n) is 11.5. The molecule has 19 heavy (non-hydrogen) atoms. The fourth-order valence-corrected chi connectivity index (χ4v) is 2.64. The molecule has 3 atom stereocenters. The van der Waals surface area contributed by atoms with E-state index in [9.17, 15) is 14.6 Å². The molecule has 0 aliphatic carbocycles. The molecular weight excluding hydrogens is 245 g/mol. The smallest absolute Gasteiger partial charge is 0.123 e. The van der Waals surface area contributed by atoms with Gasteiger partial charge in [0.25, 0.3) is 0 Å². The number of nitrogens with zero attached hydrogens (tertiary/aromatic N) is 1. The monoisotopic (exact) mass is 267 g/mol. The zero-order valence-corrected chi connectivity index (χ0v) is 11.5. The highest BCUT2D eigenvalue weighted by Crippen LogP contribution is 2.23. The number of hydrogen-bond donors (Lipinski definition) is 2. The molecule has 106 valence electrons. The van der Waals surface area contributed by atoms with Crippen LogP contribution in [-0.2, 0) is 0 Å². The molecule has 3 unspecified atom stereocenters. The first-order chi connectivity index (χ1) is 8.97. The quantitative estimate of drug-likeness (QED) is 0.878. The van der Waals surface area contributed by atoms with Crippen molar-refractivity contribution in [3.05, 3.63) is 35.1 Å². The van der Waals surface area contributed by atoms with Crippen LogP contribution in [0.2, 0.25) is 0 Å². The number of aryl methyl sites for hydroxylation is 1. The Kier molecular flexibility index (Phi) is 4.55. The second kappa shape index (κ2) is 5.99. The van der Waals surface area contributed by atoms with Gasteiger partial charge in [-0.05, 0) is 49.1 Å². The van der Waals surface area contributed by atoms with Crippen molar-refractivity contribution >= 4 is 0 Å². The Hall–Kier alpha value is -0.970. The van der Waals surface area contributed by atoms with Crippen LogP contribution in [0.15, 0.2) is 18.2 Å². The van der Waals surface area contributed by atoms with Gasteiger partial charge in [-0.1, -0.05) is 13.0 Å². The van der Waals surface area contributed by atoms with Crippen LogP contribution in [0.5, 0.6) is 0 Å². The maximum atomic E-state index is 13.0. The molecule has 2 rings (SSSR count). The molecule has 0 aromatic heterocycles. The lowest BCUT2D eigenvalue weighted by Crippen LogP contribution is -2.44. The highest BCUT2D eigenvalue weighted by molar-refractivity contribution is 5.28. The largest absolute Gasteiger partial charge is 0.392 e. The van der Waals surface area contributed by atoms with Crippen molar-refractivity contribution in [2.75, 3.05) is 19.6 Å². The van der Waals surface area contributed by atoms with E-state index in [2.05, 4.69) is 4.90 Å². The highest BCUT2D eigenvalue weighted by atomic mass is 19.1. The number of piperidine rings is 1. The van der Waals surface area contributed by atoms with Crippen molar-refractivity contribution in [2.45, 2.75) is 32.5 Å². The molecule has 0 saturated carbocycles. The summed E-state index contributed by atoms with van der Waals surface area (Å²) in [6, 6.07) is 4.45. The third kappa shape index (κ3) is 3.53. The van der Waals surface area contributed by atoms with E-state index >= 15 is 0 Å². The molecule has 3 nitrogen and oxygen atoms in total. The predicted molar refractivity (Wildman–Crippen MR) is 72.3 cm³/mol. The molecule has 1 aliphatic rings. The standard InChI is InChI=1S/C15H22FNO2/c1-10-5-6-17(8-14(10)18)9-15(19)13-4-3-12(16)7-11(13)2/h3-4,7,10,14-15,18-19H,5-6,8-9H2,1-2H3. The van der Waals surface area contributed by atoms with E-state index in [1.165, 1.54) is 12.1 Å². The van der Waals surface area contributed by atoms with Crippen LogP contribution in [0.4, 0.5) is 4.39 Å². The van der Waals surface area contributed by atoms with Crippen molar-refractivity contribution in [3.63, 3.8) is 0 Å². The van der Waals surface area contributed by atoms with E-state index < -0.39 is 6.10 Å². The van der Waals surface area contributed by atoms with E-state index in [1.54, 1.807) is 13.0 Å². The second-order valence-electron chi connectivity index (χ2n) is 5.61. The summed E-state index contributed by atoms with van der Waals surface area (Å²) in [4.78, 5) is 2.07. The molecule has 0 amide bonds. The van der Waals surface area contributed by atoms with Crippen molar-refractivity contribution in [3.8, 4) is 0 Å². The number of rotatable bonds is 3. The lowest BCUT2D eigenvalue weighted by atomic mass is 9.95.